The second-order valence-electron chi connectivity index (χ2n) is 8.13. The highest BCUT2D eigenvalue weighted by molar-refractivity contribution is 5.72. The van der Waals surface area contributed by atoms with Crippen molar-refractivity contribution in [2.75, 3.05) is 13.1 Å². The van der Waals surface area contributed by atoms with E-state index in [4.69, 9.17) is 5.73 Å². The molecule has 2 fully saturated rings. The summed E-state index contributed by atoms with van der Waals surface area (Å²) >= 11 is 0. The van der Waals surface area contributed by atoms with Gasteiger partial charge in [0.1, 0.15) is 0 Å². The lowest BCUT2D eigenvalue weighted by Crippen LogP contribution is -2.48. The molecule has 0 aromatic heterocycles. The number of urea groups is 1. The first kappa shape index (κ1) is 18.2. The lowest BCUT2D eigenvalue weighted by molar-refractivity contribution is 0.165. The second kappa shape index (κ2) is 8.22. The van der Waals surface area contributed by atoms with Crippen LogP contribution in [0.5, 0.6) is 0 Å². The maximum Gasteiger partial charge on any atom is 0.314 e. The van der Waals surface area contributed by atoms with Crippen molar-refractivity contribution in [3.8, 4) is 0 Å². The van der Waals surface area contributed by atoms with Gasteiger partial charge in [0, 0.05) is 25.2 Å². The Morgan fingerprint density at radius 3 is 2.56 bits per heavy atom. The number of hydrogen-bond acceptors (Lipinski definition) is 2. The first-order valence-corrected chi connectivity index (χ1v) is 9.90. The number of aryl methyl sites for hydroxylation is 1. The quantitative estimate of drug-likeness (QED) is 0.868. The zero-order valence-electron chi connectivity index (χ0n) is 15.7. The standard InChI is InChI=1S/C21H33N3O/c1-15-6-5-8-17(14-15)20(19-9-4-3-7-16(19)2)23-18-10-12-24(13-11-18)21(22)25/h3-4,7,9,15,17-18,20,23H,5-6,8,10-14H2,1-2H3,(H2,22,25)/t15-,17-,20+/m0/s1. The summed E-state index contributed by atoms with van der Waals surface area (Å²) in [6.45, 7) is 6.17. The molecule has 1 heterocycles. The first-order chi connectivity index (χ1) is 12.0. The molecule has 3 N–H and O–H groups in total. The molecule has 4 nitrogen and oxygen atoms in total. The van der Waals surface area contributed by atoms with Crippen LogP contribution in [0.3, 0.4) is 0 Å². The van der Waals surface area contributed by atoms with Gasteiger partial charge in [-0.15, -0.1) is 0 Å². The van der Waals surface area contributed by atoms with Crippen molar-refractivity contribution in [1.29, 1.82) is 0 Å². The Morgan fingerprint density at radius 2 is 1.92 bits per heavy atom. The Bertz CT molecular complexity index is 580. The molecule has 2 amide bonds. The molecular weight excluding hydrogens is 310 g/mol. The molecular formula is C21H33N3O. The number of benzene rings is 1. The van der Waals surface area contributed by atoms with Crippen LogP contribution in [0.25, 0.3) is 0 Å². The average Bonchev–Trinajstić information content (AvgIpc) is 2.61. The molecule has 0 radical (unpaired) electrons. The van der Waals surface area contributed by atoms with Gasteiger partial charge in [0.05, 0.1) is 0 Å². The largest absolute Gasteiger partial charge is 0.351 e. The molecule has 3 atom stereocenters. The van der Waals surface area contributed by atoms with Crippen LogP contribution in [0.15, 0.2) is 24.3 Å². The van der Waals surface area contributed by atoms with Crippen LogP contribution < -0.4 is 11.1 Å². The van der Waals surface area contributed by atoms with E-state index in [1.807, 2.05) is 0 Å². The summed E-state index contributed by atoms with van der Waals surface area (Å²) in [7, 11) is 0. The van der Waals surface area contributed by atoms with Crippen molar-refractivity contribution in [2.24, 2.45) is 17.6 Å². The van der Waals surface area contributed by atoms with Crippen LogP contribution in [0.2, 0.25) is 0 Å². The number of carbonyl (C=O) groups excluding carboxylic acids is 1. The predicted molar refractivity (Wildman–Crippen MR) is 102 cm³/mol. The zero-order valence-corrected chi connectivity index (χ0v) is 15.7. The second-order valence-corrected chi connectivity index (χ2v) is 8.13. The minimum absolute atomic E-state index is 0.282. The van der Waals surface area contributed by atoms with Gasteiger partial charge in [0.25, 0.3) is 0 Å². The monoisotopic (exact) mass is 343 g/mol. The number of nitrogens with two attached hydrogens (primary N) is 1. The van der Waals surface area contributed by atoms with Crippen LogP contribution in [0.4, 0.5) is 4.79 Å². The number of nitrogens with zero attached hydrogens (tertiary/aromatic N) is 1. The van der Waals surface area contributed by atoms with Crippen molar-refractivity contribution >= 4 is 6.03 Å². The van der Waals surface area contributed by atoms with E-state index < -0.39 is 0 Å². The van der Waals surface area contributed by atoms with Gasteiger partial charge in [0.2, 0.25) is 0 Å². The molecule has 25 heavy (non-hydrogen) atoms. The minimum atomic E-state index is -0.282. The van der Waals surface area contributed by atoms with Crippen molar-refractivity contribution < 1.29 is 4.79 Å². The van der Waals surface area contributed by atoms with Crippen LogP contribution in [0, 0.1) is 18.8 Å². The molecule has 1 aliphatic carbocycles. The number of likely N-dealkylation sites (tertiary alicyclic amines) is 1. The third-order valence-corrected chi connectivity index (χ3v) is 6.19. The SMILES string of the molecule is Cc1ccccc1[C@H](NC1CCN(C(N)=O)CC1)[C@H]1CCC[C@H](C)C1. The summed E-state index contributed by atoms with van der Waals surface area (Å²) in [5.74, 6) is 1.53. The van der Waals surface area contributed by atoms with Crippen LogP contribution in [-0.2, 0) is 0 Å². The third-order valence-electron chi connectivity index (χ3n) is 6.19. The molecule has 4 heteroatoms. The third kappa shape index (κ3) is 4.55. The van der Waals surface area contributed by atoms with Crippen molar-refractivity contribution in [3.63, 3.8) is 0 Å². The van der Waals surface area contributed by atoms with Crippen LogP contribution in [-0.4, -0.2) is 30.1 Å². The summed E-state index contributed by atoms with van der Waals surface area (Å²) in [5.41, 5.74) is 8.26. The molecule has 3 rings (SSSR count). The van der Waals surface area contributed by atoms with E-state index in [2.05, 4.69) is 43.4 Å². The van der Waals surface area contributed by atoms with E-state index in [1.54, 1.807) is 4.90 Å². The highest BCUT2D eigenvalue weighted by Crippen LogP contribution is 2.38. The highest BCUT2D eigenvalue weighted by atomic mass is 16.2. The maximum atomic E-state index is 11.4. The molecule has 0 spiro atoms. The summed E-state index contributed by atoms with van der Waals surface area (Å²) in [6, 6.07) is 9.43. The average molecular weight is 344 g/mol. The molecule has 1 saturated heterocycles. The molecule has 0 bridgehead atoms. The smallest absolute Gasteiger partial charge is 0.314 e. The van der Waals surface area contributed by atoms with Gasteiger partial charge in [-0.1, -0.05) is 44.0 Å². The Balaban J connectivity index is 1.73. The molecule has 0 unspecified atom stereocenters. The summed E-state index contributed by atoms with van der Waals surface area (Å²) < 4.78 is 0. The van der Waals surface area contributed by atoms with E-state index in [0.717, 1.165) is 31.8 Å². The zero-order chi connectivity index (χ0) is 17.8. The van der Waals surface area contributed by atoms with E-state index in [0.29, 0.717) is 18.0 Å². The summed E-state index contributed by atoms with van der Waals surface area (Å²) in [4.78, 5) is 13.1. The lowest BCUT2D eigenvalue weighted by atomic mass is 9.75. The van der Waals surface area contributed by atoms with E-state index in [1.165, 1.54) is 36.8 Å². The number of primary amides is 1. The Morgan fingerprint density at radius 1 is 1.20 bits per heavy atom. The molecule has 1 aliphatic heterocycles. The maximum absolute atomic E-state index is 11.4. The molecule has 1 aromatic rings. The molecule has 1 saturated carbocycles. The number of carbonyl (C=O) groups is 1. The van der Waals surface area contributed by atoms with Crippen molar-refractivity contribution in [1.82, 2.24) is 10.2 Å². The molecule has 1 aromatic carbocycles. The summed E-state index contributed by atoms with van der Waals surface area (Å²) in [5, 5.41) is 3.98. The van der Waals surface area contributed by atoms with Gasteiger partial charge in [-0.2, -0.15) is 0 Å². The van der Waals surface area contributed by atoms with Gasteiger partial charge in [-0.3, -0.25) is 0 Å². The van der Waals surface area contributed by atoms with Crippen LogP contribution in [0.1, 0.15) is 62.6 Å². The predicted octanol–water partition coefficient (Wildman–Crippen LogP) is 4.00. The topological polar surface area (TPSA) is 58.4 Å². The number of hydrogen-bond donors (Lipinski definition) is 2. The van der Waals surface area contributed by atoms with Crippen LogP contribution >= 0.6 is 0 Å². The van der Waals surface area contributed by atoms with E-state index in [9.17, 15) is 4.79 Å². The highest BCUT2D eigenvalue weighted by Gasteiger charge is 2.31. The van der Waals surface area contributed by atoms with Gasteiger partial charge in [-0.25, -0.2) is 4.79 Å². The number of nitrogens with one attached hydrogen (secondary N) is 1. The Hall–Kier alpha value is -1.55. The van der Waals surface area contributed by atoms with Gasteiger partial charge in [0.15, 0.2) is 0 Å². The lowest BCUT2D eigenvalue weighted by Gasteiger charge is -2.39. The first-order valence-electron chi connectivity index (χ1n) is 9.90. The van der Waals surface area contributed by atoms with Gasteiger partial charge < -0.3 is 16.0 Å². The molecule has 2 aliphatic rings. The van der Waals surface area contributed by atoms with Crippen molar-refractivity contribution in [2.45, 2.75) is 64.5 Å². The van der Waals surface area contributed by atoms with Gasteiger partial charge in [-0.05, 0) is 55.6 Å². The minimum Gasteiger partial charge on any atom is -0.351 e. The normalized spacial score (nSPS) is 26.4. The number of amides is 2. The number of piperidine rings is 1. The number of rotatable bonds is 4. The Kier molecular flexibility index (Phi) is 6.00. The fourth-order valence-corrected chi connectivity index (χ4v) is 4.72. The van der Waals surface area contributed by atoms with Crippen molar-refractivity contribution in [3.05, 3.63) is 35.4 Å². The Labute approximate surface area is 152 Å². The van der Waals surface area contributed by atoms with E-state index >= 15 is 0 Å². The molecule has 138 valence electrons. The summed E-state index contributed by atoms with van der Waals surface area (Å²) in [6.07, 6.45) is 7.33. The van der Waals surface area contributed by atoms with E-state index in [-0.39, 0.29) is 6.03 Å². The fraction of sp³-hybridized carbons (Fsp3) is 0.667. The fourth-order valence-electron chi connectivity index (χ4n) is 4.72. The van der Waals surface area contributed by atoms with Gasteiger partial charge >= 0.3 is 6.03 Å².